The second-order valence-electron chi connectivity index (χ2n) is 5.19. The number of anilines is 1. The van der Waals surface area contributed by atoms with Crippen LogP contribution in [0.25, 0.3) is 11.3 Å². The van der Waals surface area contributed by atoms with Crippen LogP contribution in [-0.4, -0.2) is 16.5 Å². The van der Waals surface area contributed by atoms with Crippen LogP contribution >= 0.6 is 11.6 Å². The summed E-state index contributed by atoms with van der Waals surface area (Å²) in [5.41, 5.74) is 2.48. The highest BCUT2D eigenvalue weighted by Crippen LogP contribution is 2.35. The Kier molecular flexibility index (Phi) is 5.12. The summed E-state index contributed by atoms with van der Waals surface area (Å²) in [6.07, 6.45) is 2.52. The molecule has 0 aliphatic carbocycles. The first kappa shape index (κ1) is 15.7. The summed E-state index contributed by atoms with van der Waals surface area (Å²) in [7, 11) is 0. The Morgan fingerprint density at radius 3 is 2.67 bits per heavy atom. The molecular weight excluding hydrogens is 289 g/mol. The number of aromatic nitrogens is 2. The molecule has 0 radical (unpaired) electrons. The van der Waals surface area contributed by atoms with Crippen molar-refractivity contribution in [1.29, 1.82) is 0 Å². The summed E-state index contributed by atoms with van der Waals surface area (Å²) in [6.45, 7) is 7.10. The summed E-state index contributed by atoms with van der Waals surface area (Å²) in [5.74, 6) is 0.687. The molecule has 21 heavy (non-hydrogen) atoms. The second-order valence-corrected chi connectivity index (χ2v) is 5.60. The van der Waals surface area contributed by atoms with E-state index in [1.54, 1.807) is 6.07 Å². The number of hydrogen-bond donors (Lipinski definition) is 1. The van der Waals surface area contributed by atoms with Crippen LogP contribution in [0.2, 0.25) is 5.02 Å². The predicted molar refractivity (Wildman–Crippen MR) is 85.3 cm³/mol. The standard InChI is InChI=1S/C16H19ClFN3/c1-4-7-19-16-14(10(2)3)15(20-9-21-16)12-6-5-11(18)8-13(12)17/h5-6,8-10H,4,7H2,1-3H3,(H,19,20,21). The van der Waals surface area contributed by atoms with Crippen molar-refractivity contribution in [2.24, 2.45) is 0 Å². The maximum absolute atomic E-state index is 13.2. The number of hydrogen-bond acceptors (Lipinski definition) is 3. The topological polar surface area (TPSA) is 37.8 Å². The monoisotopic (exact) mass is 307 g/mol. The van der Waals surface area contributed by atoms with Gasteiger partial charge in [0.1, 0.15) is 18.0 Å². The van der Waals surface area contributed by atoms with Crippen molar-refractivity contribution in [2.45, 2.75) is 33.1 Å². The lowest BCUT2D eigenvalue weighted by Gasteiger charge is -2.17. The van der Waals surface area contributed by atoms with Crippen molar-refractivity contribution < 1.29 is 4.39 Å². The van der Waals surface area contributed by atoms with Crippen molar-refractivity contribution in [3.05, 3.63) is 40.9 Å². The van der Waals surface area contributed by atoms with Gasteiger partial charge in [-0.25, -0.2) is 14.4 Å². The normalized spacial score (nSPS) is 11.0. The molecule has 0 aliphatic rings. The number of nitrogens with zero attached hydrogens (tertiary/aromatic N) is 2. The molecule has 1 aromatic heterocycles. The largest absolute Gasteiger partial charge is 0.370 e. The minimum atomic E-state index is -0.353. The molecule has 0 atom stereocenters. The van der Waals surface area contributed by atoms with Gasteiger partial charge in [-0.1, -0.05) is 32.4 Å². The molecule has 0 saturated heterocycles. The van der Waals surface area contributed by atoms with E-state index in [4.69, 9.17) is 11.6 Å². The van der Waals surface area contributed by atoms with Crippen LogP contribution in [0.5, 0.6) is 0 Å². The van der Waals surface area contributed by atoms with Crippen molar-refractivity contribution in [2.75, 3.05) is 11.9 Å². The lowest BCUT2D eigenvalue weighted by molar-refractivity contribution is 0.628. The molecule has 0 aliphatic heterocycles. The molecule has 0 spiro atoms. The minimum Gasteiger partial charge on any atom is -0.370 e. The molecule has 0 unspecified atom stereocenters. The summed E-state index contributed by atoms with van der Waals surface area (Å²) in [5, 5.41) is 3.68. The molecule has 2 rings (SSSR count). The van der Waals surface area contributed by atoms with Gasteiger partial charge in [0.15, 0.2) is 0 Å². The van der Waals surface area contributed by atoms with Crippen LogP contribution in [0, 0.1) is 5.82 Å². The number of benzene rings is 1. The van der Waals surface area contributed by atoms with E-state index in [-0.39, 0.29) is 11.7 Å². The molecule has 1 aromatic carbocycles. The molecule has 0 bridgehead atoms. The van der Waals surface area contributed by atoms with Crippen LogP contribution in [0.4, 0.5) is 10.2 Å². The zero-order valence-electron chi connectivity index (χ0n) is 12.5. The van der Waals surface area contributed by atoms with Gasteiger partial charge in [0.05, 0.1) is 10.7 Å². The van der Waals surface area contributed by atoms with E-state index >= 15 is 0 Å². The van der Waals surface area contributed by atoms with Crippen molar-refractivity contribution in [1.82, 2.24) is 9.97 Å². The first-order valence-corrected chi connectivity index (χ1v) is 7.46. The maximum Gasteiger partial charge on any atom is 0.133 e. The molecule has 5 heteroatoms. The lowest BCUT2D eigenvalue weighted by atomic mass is 9.97. The molecule has 0 fully saturated rings. The third-order valence-corrected chi connectivity index (χ3v) is 3.50. The molecule has 1 N–H and O–H groups in total. The van der Waals surface area contributed by atoms with E-state index in [0.29, 0.717) is 5.02 Å². The van der Waals surface area contributed by atoms with E-state index in [1.165, 1.54) is 18.5 Å². The lowest BCUT2D eigenvalue weighted by Crippen LogP contribution is -2.09. The fourth-order valence-corrected chi connectivity index (χ4v) is 2.48. The predicted octanol–water partition coefficient (Wildman–Crippen LogP) is 4.88. The molecule has 112 valence electrons. The van der Waals surface area contributed by atoms with Gasteiger partial charge in [-0.3, -0.25) is 0 Å². The summed E-state index contributed by atoms with van der Waals surface area (Å²) < 4.78 is 13.2. The molecular formula is C16H19ClFN3. The third kappa shape index (κ3) is 3.50. The quantitative estimate of drug-likeness (QED) is 0.855. The van der Waals surface area contributed by atoms with Crippen molar-refractivity contribution in [3.63, 3.8) is 0 Å². The Labute approximate surface area is 129 Å². The van der Waals surface area contributed by atoms with Crippen LogP contribution in [0.1, 0.15) is 38.7 Å². The van der Waals surface area contributed by atoms with Crippen LogP contribution < -0.4 is 5.32 Å². The summed E-state index contributed by atoms with van der Waals surface area (Å²) in [6, 6.07) is 4.37. The molecule has 2 aromatic rings. The van der Waals surface area contributed by atoms with Crippen molar-refractivity contribution in [3.8, 4) is 11.3 Å². The molecule has 0 saturated carbocycles. The molecule has 3 nitrogen and oxygen atoms in total. The van der Waals surface area contributed by atoms with Gasteiger partial charge in [-0.05, 0) is 30.5 Å². The molecule has 0 amide bonds. The fraction of sp³-hybridized carbons (Fsp3) is 0.375. The Morgan fingerprint density at radius 2 is 2.05 bits per heavy atom. The van der Waals surface area contributed by atoms with E-state index in [2.05, 4.69) is 36.1 Å². The summed E-state index contributed by atoms with van der Waals surface area (Å²) >= 11 is 6.18. The van der Waals surface area contributed by atoms with E-state index in [0.717, 1.165) is 35.6 Å². The van der Waals surface area contributed by atoms with Crippen LogP contribution in [-0.2, 0) is 0 Å². The SMILES string of the molecule is CCCNc1ncnc(-c2ccc(F)cc2Cl)c1C(C)C. The summed E-state index contributed by atoms with van der Waals surface area (Å²) in [4.78, 5) is 8.70. The van der Waals surface area contributed by atoms with Crippen LogP contribution in [0.3, 0.4) is 0 Å². The first-order chi connectivity index (χ1) is 10.0. The van der Waals surface area contributed by atoms with Gasteiger partial charge >= 0.3 is 0 Å². The highest BCUT2D eigenvalue weighted by atomic mass is 35.5. The van der Waals surface area contributed by atoms with Gasteiger partial charge in [0.2, 0.25) is 0 Å². The Bertz CT molecular complexity index is 629. The zero-order chi connectivity index (χ0) is 15.4. The van der Waals surface area contributed by atoms with E-state index in [9.17, 15) is 4.39 Å². The molecule has 1 heterocycles. The Hall–Kier alpha value is -1.68. The average Bonchev–Trinajstić information content (AvgIpc) is 2.44. The highest BCUT2D eigenvalue weighted by molar-refractivity contribution is 6.33. The maximum atomic E-state index is 13.2. The third-order valence-electron chi connectivity index (χ3n) is 3.19. The van der Waals surface area contributed by atoms with Gasteiger partial charge in [-0.15, -0.1) is 0 Å². The first-order valence-electron chi connectivity index (χ1n) is 7.08. The van der Waals surface area contributed by atoms with Gasteiger partial charge in [0, 0.05) is 17.7 Å². The van der Waals surface area contributed by atoms with E-state index < -0.39 is 0 Å². The fourth-order valence-electron chi connectivity index (χ4n) is 2.22. The smallest absolute Gasteiger partial charge is 0.133 e. The van der Waals surface area contributed by atoms with E-state index in [1.807, 2.05) is 0 Å². The second kappa shape index (κ2) is 6.85. The zero-order valence-corrected chi connectivity index (χ0v) is 13.2. The van der Waals surface area contributed by atoms with Gasteiger partial charge < -0.3 is 5.32 Å². The highest BCUT2D eigenvalue weighted by Gasteiger charge is 2.18. The number of nitrogens with one attached hydrogen (secondary N) is 1. The van der Waals surface area contributed by atoms with Gasteiger partial charge in [-0.2, -0.15) is 0 Å². The van der Waals surface area contributed by atoms with Crippen molar-refractivity contribution >= 4 is 17.4 Å². The average molecular weight is 308 g/mol. The number of rotatable bonds is 5. The van der Waals surface area contributed by atoms with Crippen LogP contribution in [0.15, 0.2) is 24.5 Å². The Balaban J connectivity index is 2.57. The van der Waals surface area contributed by atoms with Gasteiger partial charge in [0.25, 0.3) is 0 Å². The number of halogens is 2. The Morgan fingerprint density at radius 1 is 1.29 bits per heavy atom. The minimum absolute atomic E-state index is 0.224.